The maximum absolute atomic E-state index is 13.4. The minimum Gasteiger partial charge on any atom is -0.307 e. The van der Waals surface area contributed by atoms with E-state index in [-0.39, 0.29) is 22.5 Å². The second-order valence-electron chi connectivity index (χ2n) is 5.20. The molecular weight excluding hydrogens is 265 g/mol. The van der Waals surface area contributed by atoms with Crippen molar-refractivity contribution in [1.29, 1.82) is 0 Å². The minimum absolute atomic E-state index is 0.0734. The first-order valence-electron chi connectivity index (χ1n) is 6.72. The number of nitrogens with one attached hydrogen (secondary N) is 1. The van der Waals surface area contributed by atoms with Crippen molar-refractivity contribution in [3.05, 3.63) is 29.6 Å². The lowest BCUT2D eigenvalue weighted by atomic mass is 10.0. The van der Waals surface area contributed by atoms with Crippen LogP contribution < -0.4 is 5.32 Å². The fourth-order valence-corrected chi connectivity index (χ4v) is 4.25. The number of rotatable bonds is 4. The van der Waals surface area contributed by atoms with E-state index >= 15 is 0 Å². The molecule has 0 aromatic heterocycles. The molecule has 1 aromatic carbocycles. The summed E-state index contributed by atoms with van der Waals surface area (Å²) in [5, 5.41) is 3.41. The molecule has 1 aliphatic rings. The molecule has 1 N–H and O–H groups in total. The summed E-state index contributed by atoms with van der Waals surface area (Å²) >= 11 is 0. The average molecular weight is 285 g/mol. The Balaban J connectivity index is 2.32. The third kappa shape index (κ3) is 3.15. The molecule has 1 heterocycles. The molecule has 2 rings (SSSR count). The van der Waals surface area contributed by atoms with Gasteiger partial charge in [-0.1, -0.05) is 13.3 Å². The van der Waals surface area contributed by atoms with E-state index in [9.17, 15) is 12.8 Å². The molecule has 0 saturated heterocycles. The van der Waals surface area contributed by atoms with Crippen LogP contribution in [0.2, 0.25) is 0 Å². The highest BCUT2D eigenvalue weighted by Gasteiger charge is 2.30. The zero-order valence-corrected chi connectivity index (χ0v) is 12.1. The summed E-state index contributed by atoms with van der Waals surface area (Å²) in [7, 11) is -3.25. The van der Waals surface area contributed by atoms with Gasteiger partial charge in [0, 0.05) is 12.1 Å². The lowest BCUT2D eigenvalue weighted by molar-refractivity contribution is 0.412. The van der Waals surface area contributed by atoms with Gasteiger partial charge in [-0.15, -0.1) is 0 Å². The SMILES string of the molecule is CCCC(C)NC1CCS(=O)(=O)c2ccc(F)cc21. The van der Waals surface area contributed by atoms with Crippen LogP contribution in [-0.2, 0) is 9.84 Å². The Bertz CT molecular complexity index is 557. The summed E-state index contributed by atoms with van der Waals surface area (Å²) < 4.78 is 37.4. The summed E-state index contributed by atoms with van der Waals surface area (Å²) in [6, 6.07) is 4.18. The molecule has 0 aliphatic carbocycles. The molecule has 0 radical (unpaired) electrons. The molecule has 0 spiro atoms. The fourth-order valence-electron chi connectivity index (χ4n) is 2.65. The van der Waals surface area contributed by atoms with E-state index in [1.54, 1.807) is 0 Å². The van der Waals surface area contributed by atoms with Crippen molar-refractivity contribution in [3.8, 4) is 0 Å². The van der Waals surface area contributed by atoms with Crippen LogP contribution in [0.3, 0.4) is 0 Å². The number of hydrogen-bond acceptors (Lipinski definition) is 3. The molecule has 3 nitrogen and oxygen atoms in total. The highest BCUT2D eigenvalue weighted by atomic mass is 32.2. The molecule has 106 valence electrons. The maximum atomic E-state index is 13.4. The van der Waals surface area contributed by atoms with Gasteiger partial charge in [0.2, 0.25) is 0 Å². The highest BCUT2D eigenvalue weighted by Crippen LogP contribution is 2.33. The van der Waals surface area contributed by atoms with Crippen LogP contribution in [0.15, 0.2) is 23.1 Å². The number of sulfone groups is 1. The normalized spacial score (nSPS) is 22.8. The summed E-state index contributed by atoms with van der Waals surface area (Å²) in [6.45, 7) is 4.18. The van der Waals surface area contributed by atoms with Crippen molar-refractivity contribution in [2.24, 2.45) is 0 Å². The summed E-state index contributed by atoms with van der Waals surface area (Å²) in [6.07, 6.45) is 2.59. The van der Waals surface area contributed by atoms with E-state index < -0.39 is 9.84 Å². The number of benzene rings is 1. The summed E-state index contributed by atoms with van der Waals surface area (Å²) in [5.41, 5.74) is 0.578. The van der Waals surface area contributed by atoms with Crippen LogP contribution in [0.25, 0.3) is 0 Å². The van der Waals surface area contributed by atoms with E-state index in [2.05, 4.69) is 19.2 Å². The van der Waals surface area contributed by atoms with Gasteiger partial charge in [0.15, 0.2) is 9.84 Å². The van der Waals surface area contributed by atoms with Gasteiger partial charge in [-0.05, 0) is 43.5 Å². The van der Waals surface area contributed by atoms with Crippen LogP contribution in [-0.4, -0.2) is 20.2 Å². The zero-order valence-electron chi connectivity index (χ0n) is 11.3. The van der Waals surface area contributed by atoms with Gasteiger partial charge < -0.3 is 5.32 Å². The van der Waals surface area contributed by atoms with Gasteiger partial charge in [0.05, 0.1) is 10.6 Å². The largest absolute Gasteiger partial charge is 0.307 e. The smallest absolute Gasteiger partial charge is 0.178 e. The Morgan fingerprint density at radius 3 is 2.89 bits per heavy atom. The van der Waals surface area contributed by atoms with E-state index in [0.29, 0.717) is 18.0 Å². The molecule has 2 unspecified atom stereocenters. The van der Waals surface area contributed by atoms with E-state index in [0.717, 1.165) is 12.8 Å². The van der Waals surface area contributed by atoms with Gasteiger partial charge in [-0.25, -0.2) is 12.8 Å². The molecule has 0 fully saturated rings. The minimum atomic E-state index is -3.25. The van der Waals surface area contributed by atoms with Gasteiger partial charge in [-0.3, -0.25) is 0 Å². The molecule has 19 heavy (non-hydrogen) atoms. The Labute approximate surface area is 114 Å². The summed E-state index contributed by atoms with van der Waals surface area (Å²) in [4.78, 5) is 0.279. The predicted molar refractivity (Wildman–Crippen MR) is 73.3 cm³/mol. The molecule has 0 amide bonds. The Morgan fingerprint density at radius 1 is 1.47 bits per heavy atom. The van der Waals surface area contributed by atoms with Gasteiger partial charge in [0.1, 0.15) is 5.82 Å². The fraction of sp³-hybridized carbons (Fsp3) is 0.571. The van der Waals surface area contributed by atoms with Crippen molar-refractivity contribution in [2.75, 3.05) is 5.75 Å². The van der Waals surface area contributed by atoms with Crippen molar-refractivity contribution >= 4 is 9.84 Å². The standard InChI is InChI=1S/C14H20FNO2S/c1-3-4-10(2)16-13-7-8-19(17,18)14-6-5-11(15)9-12(13)14/h5-6,9-10,13,16H,3-4,7-8H2,1-2H3. The van der Waals surface area contributed by atoms with Crippen molar-refractivity contribution in [1.82, 2.24) is 5.32 Å². The third-order valence-corrected chi connectivity index (χ3v) is 5.38. The van der Waals surface area contributed by atoms with E-state index in [1.165, 1.54) is 18.2 Å². The van der Waals surface area contributed by atoms with E-state index in [1.807, 2.05) is 0 Å². The lowest BCUT2D eigenvalue weighted by Gasteiger charge is -2.29. The lowest BCUT2D eigenvalue weighted by Crippen LogP contribution is -2.35. The first-order chi connectivity index (χ1) is 8.94. The Kier molecular flexibility index (Phi) is 4.26. The average Bonchev–Trinajstić information content (AvgIpc) is 2.33. The van der Waals surface area contributed by atoms with E-state index in [4.69, 9.17) is 0 Å². The number of fused-ring (bicyclic) bond motifs is 1. The topological polar surface area (TPSA) is 46.2 Å². The Hall–Kier alpha value is -0.940. The van der Waals surface area contributed by atoms with Crippen molar-refractivity contribution < 1.29 is 12.8 Å². The monoisotopic (exact) mass is 285 g/mol. The van der Waals surface area contributed by atoms with Gasteiger partial charge in [-0.2, -0.15) is 0 Å². The third-order valence-electron chi connectivity index (χ3n) is 3.56. The van der Waals surface area contributed by atoms with Gasteiger partial charge >= 0.3 is 0 Å². The summed E-state index contributed by atoms with van der Waals surface area (Å²) in [5.74, 6) is -0.256. The zero-order chi connectivity index (χ0) is 14.0. The van der Waals surface area contributed by atoms with Crippen LogP contribution in [0.5, 0.6) is 0 Å². The first kappa shape index (κ1) is 14.5. The number of halogens is 1. The molecule has 2 atom stereocenters. The predicted octanol–water partition coefficient (Wildman–Crippen LogP) is 2.82. The molecule has 1 aliphatic heterocycles. The molecule has 5 heteroatoms. The second kappa shape index (κ2) is 5.59. The Morgan fingerprint density at radius 2 is 2.21 bits per heavy atom. The molecule has 0 bridgehead atoms. The van der Waals surface area contributed by atoms with Crippen LogP contribution in [0, 0.1) is 5.82 Å². The van der Waals surface area contributed by atoms with Crippen molar-refractivity contribution in [2.45, 2.75) is 50.1 Å². The van der Waals surface area contributed by atoms with Crippen LogP contribution in [0.1, 0.15) is 44.7 Å². The second-order valence-corrected chi connectivity index (χ2v) is 7.28. The van der Waals surface area contributed by atoms with Gasteiger partial charge in [0.25, 0.3) is 0 Å². The molecule has 1 aromatic rings. The molecule has 0 saturated carbocycles. The van der Waals surface area contributed by atoms with Crippen LogP contribution in [0.4, 0.5) is 4.39 Å². The highest BCUT2D eigenvalue weighted by molar-refractivity contribution is 7.91. The maximum Gasteiger partial charge on any atom is 0.178 e. The molecular formula is C14H20FNO2S. The van der Waals surface area contributed by atoms with Crippen LogP contribution >= 0.6 is 0 Å². The quantitative estimate of drug-likeness (QED) is 0.865. The van der Waals surface area contributed by atoms with Crippen molar-refractivity contribution in [3.63, 3.8) is 0 Å². The number of hydrogen-bond donors (Lipinski definition) is 1. The first-order valence-corrected chi connectivity index (χ1v) is 8.37.